The molecule has 1 fully saturated rings. The summed E-state index contributed by atoms with van der Waals surface area (Å²) in [6.07, 6.45) is 0.772. The number of aromatic nitrogens is 2. The van der Waals surface area contributed by atoms with Crippen LogP contribution in [0.5, 0.6) is 0 Å². The Labute approximate surface area is 148 Å². The maximum atomic E-state index is 12.4. The van der Waals surface area contributed by atoms with E-state index in [1.165, 1.54) is 0 Å². The fourth-order valence-electron chi connectivity index (χ4n) is 3.16. The minimum absolute atomic E-state index is 0.0233. The van der Waals surface area contributed by atoms with E-state index >= 15 is 0 Å². The molecule has 2 aliphatic heterocycles. The summed E-state index contributed by atoms with van der Waals surface area (Å²) in [5.41, 5.74) is 0.651. The quantitative estimate of drug-likeness (QED) is 0.714. The summed E-state index contributed by atoms with van der Waals surface area (Å²) in [6.45, 7) is 11.2. The summed E-state index contributed by atoms with van der Waals surface area (Å²) in [5.74, 6) is 2.47. The van der Waals surface area contributed by atoms with Crippen molar-refractivity contribution in [1.82, 2.24) is 14.9 Å². The fraction of sp³-hybridized carbons (Fsp3) is 0.706. The van der Waals surface area contributed by atoms with Gasteiger partial charge in [-0.2, -0.15) is 0 Å². The molecule has 0 bridgehead atoms. The molecule has 2 aliphatic rings. The third kappa shape index (κ3) is 4.58. The summed E-state index contributed by atoms with van der Waals surface area (Å²) in [5, 5.41) is 9.59. The van der Waals surface area contributed by atoms with E-state index in [-0.39, 0.29) is 11.9 Å². The SMILES string of the molecule is Cc1nc(NCCN2CCOCC2)c2c(n1)NC(CC(C)C)C(=O)N2. The van der Waals surface area contributed by atoms with Crippen molar-refractivity contribution in [2.45, 2.75) is 33.2 Å². The highest BCUT2D eigenvalue weighted by molar-refractivity contribution is 6.04. The van der Waals surface area contributed by atoms with E-state index in [4.69, 9.17) is 4.74 Å². The smallest absolute Gasteiger partial charge is 0.247 e. The van der Waals surface area contributed by atoms with Crippen LogP contribution in [0.1, 0.15) is 26.1 Å². The third-order valence-electron chi connectivity index (χ3n) is 4.43. The van der Waals surface area contributed by atoms with Gasteiger partial charge in [0, 0.05) is 26.2 Å². The molecule has 1 aromatic rings. The van der Waals surface area contributed by atoms with E-state index < -0.39 is 0 Å². The molecule has 8 heteroatoms. The molecule has 0 aromatic carbocycles. The zero-order valence-corrected chi connectivity index (χ0v) is 15.3. The lowest BCUT2D eigenvalue weighted by atomic mass is 10.0. The van der Waals surface area contributed by atoms with Crippen LogP contribution in [0.4, 0.5) is 17.3 Å². The average molecular weight is 348 g/mol. The first-order chi connectivity index (χ1) is 12.0. The van der Waals surface area contributed by atoms with Gasteiger partial charge in [0.25, 0.3) is 0 Å². The van der Waals surface area contributed by atoms with Crippen molar-refractivity contribution in [2.24, 2.45) is 5.92 Å². The Morgan fingerprint density at radius 3 is 2.80 bits per heavy atom. The first-order valence-corrected chi connectivity index (χ1v) is 9.03. The topological polar surface area (TPSA) is 91.4 Å². The van der Waals surface area contributed by atoms with Gasteiger partial charge in [-0.25, -0.2) is 9.97 Å². The van der Waals surface area contributed by atoms with Gasteiger partial charge in [0.15, 0.2) is 11.6 Å². The zero-order valence-electron chi connectivity index (χ0n) is 15.3. The van der Waals surface area contributed by atoms with Crippen LogP contribution >= 0.6 is 0 Å². The molecule has 0 spiro atoms. The lowest BCUT2D eigenvalue weighted by molar-refractivity contribution is -0.117. The van der Waals surface area contributed by atoms with Crippen LogP contribution in [-0.2, 0) is 9.53 Å². The van der Waals surface area contributed by atoms with E-state index in [1.807, 2.05) is 6.92 Å². The van der Waals surface area contributed by atoms with Gasteiger partial charge in [0.2, 0.25) is 5.91 Å². The summed E-state index contributed by atoms with van der Waals surface area (Å²) < 4.78 is 5.37. The van der Waals surface area contributed by atoms with Gasteiger partial charge in [-0.15, -0.1) is 0 Å². The Balaban J connectivity index is 1.67. The van der Waals surface area contributed by atoms with Gasteiger partial charge in [-0.1, -0.05) is 13.8 Å². The third-order valence-corrected chi connectivity index (χ3v) is 4.43. The van der Waals surface area contributed by atoms with Crippen LogP contribution in [0.25, 0.3) is 0 Å². The number of fused-ring (bicyclic) bond motifs is 1. The Morgan fingerprint density at radius 2 is 2.08 bits per heavy atom. The number of hydrogen-bond donors (Lipinski definition) is 3. The molecule has 1 aromatic heterocycles. The van der Waals surface area contributed by atoms with Crippen LogP contribution in [0.2, 0.25) is 0 Å². The van der Waals surface area contributed by atoms with Gasteiger partial charge in [0.05, 0.1) is 13.2 Å². The highest BCUT2D eigenvalue weighted by atomic mass is 16.5. The Bertz CT molecular complexity index is 615. The molecule has 3 N–H and O–H groups in total. The van der Waals surface area contributed by atoms with E-state index in [0.717, 1.165) is 45.8 Å². The van der Waals surface area contributed by atoms with Crippen molar-refractivity contribution in [3.63, 3.8) is 0 Å². The molecule has 0 radical (unpaired) electrons. The highest BCUT2D eigenvalue weighted by Crippen LogP contribution is 2.32. The molecule has 3 heterocycles. The van der Waals surface area contributed by atoms with Crippen molar-refractivity contribution in [1.29, 1.82) is 0 Å². The fourth-order valence-corrected chi connectivity index (χ4v) is 3.16. The van der Waals surface area contributed by atoms with Gasteiger partial charge in [0.1, 0.15) is 17.6 Å². The molecular formula is C17H28N6O2. The molecule has 0 aliphatic carbocycles. The van der Waals surface area contributed by atoms with Crippen molar-refractivity contribution in [2.75, 3.05) is 55.3 Å². The Kier molecular flexibility index (Phi) is 5.70. The molecule has 25 heavy (non-hydrogen) atoms. The van der Waals surface area contributed by atoms with E-state index in [2.05, 4.69) is 44.7 Å². The number of nitrogens with one attached hydrogen (secondary N) is 3. The van der Waals surface area contributed by atoms with Crippen molar-refractivity contribution in [3.8, 4) is 0 Å². The number of anilines is 3. The lowest BCUT2D eigenvalue weighted by Crippen LogP contribution is -2.41. The molecule has 1 atom stereocenters. The van der Waals surface area contributed by atoms with Gasteiger partial charge < -0.3 is 20.7 Å². The number of morpholine rings is 1. The minimum atomic E-state index is -0.247. The standard InChI is InChI=1S/C17H28N6O2/c1-11(2)10-13-17(24)22-14-15(19-12(3)20-16(14)21-13)18-4-5-23-6-8-25-9-7-23/h11,13H,4-10H2,1-3H3,(H,22,24)(H2,18,19,20,21). The first kappa shape index (κ1) is 17.9. The molecule has 1 unspecified atom stereocenters. The molecule has 138 valence electrons. The van der Waals surface area contributed by atoms with Crippen LogP contribution in [0.3, 0.4) is 0 Å². The monoisotopic (exact) mass is 348 g/mol. The maximum absolute atomic E-state index is 12.4. The predicted molar refractivity (Wildman–Crippen MR) is 98.0 cm³/mol. The number of ether oxygens (including phenoxy) is 1. The minimum Gasteiger partial charge on any atom is -0.379 e. The van der Waals surface area contributed by atoms with Crippen molar-refractivity contribution >= 4 is 23.2 Å². The van der Waals surface area contributed by atoms with E-state index in [0.29, 0.717) is 29.1 Å². The van der Waals surface area contributed by atoms with Gasteiger partial charge >= 0.3 is 0 Å². The van der Waals surface area contributed by atoms with E-state index in [9.17, 15) is 4.79 Å². The van der Waals surface area contributed by atoms with Gasteiger partial charge in [-0.05, 0) is 19.3 Å². The second-order valence-corrected chi connectivity index (χ2v) is 7.04. The van der Waals surface area contributed by atoms with E-state index in [1.54, 1.807) is 0 Å². The van der Waals surface area contributed by atoms with Crippen LogP contribution < -0.4 is 16.0 Å². The van der Waals surface area contributed by atoms with Crippen LogP contribution in [-0.4, -0.2) is 66.2 Å². The van der Waals surface area contributed by atoms with Crippen LogP contribution in [0.15, 0.2) is 0 Å². The zero-order chi connectivity index (χ0) is 17.8. The molecule has 8 nitrogen and oxygen atoms in total. The lowest BCUT2D eigenvalue weighted by Gasteiger charge is -2.29. The summed E-state index contributed by atoms with van der Waals surface area (Å²) in [6, 6.07) is -0.247. The average Bonchev–Trinajstić information content (AvgIpc) is 2.57. The highest BCUT2D eigenvalue weighted by Gasteiger charge is 2.29. The number of amides is 1. The molecule has 0 saturated carbocycles. The Morgan fingerprint density at radius 1 is 1.32 bits per heavy atom. The summed E-state index contributed by atoms with van der Waals surface area (Å²) in [4.78, 5) is 23.7. The van der Waals surface area contributed by atoms with Crippen molar-refractivity contribution < 1.29 is 9.53 Å². The first-order valence-electron chi connectivity index (χ1n) is 9.03. The number of aryl methyl sites for hydroxylation is 1. The maximum Gasteiger partial charge on any atom is 0.247 e. The predicted octanol–water partition coefficient (Wildman–Crippen LogP) is 1.31. The number of rotatable bonds is 6. The number of nitrogens with zero attached hydrogens (tertiary/aromatic N) is 3. The largest absolute Gasteiger partial charge is 0.379 e. The summed E-state index contributed by atoms with van der Waals surface area (Å²) >= 11 is 0. The molecule has 1 amide bonds. The van der Waals surface area contributed by atoms with Crippen LogP contribution in [0, 0.1) is 12.8 Å². The second kappa shape index (κ2) is 7.97. The Hall–Kier alpha value is -1.93. The molecule has 1 saturated heterocycles. The normalized spacial score (nSPS) is 20.8. The number of hydrogen-bond acceptors (Lipinski definition) is 7. The van der Waals surface area contributed by atoms with Gasteiger partial charge in [-0.3, -0.25) is 9.69 Å². The number of carbonyl (C=O) groups is 1. The molecule has 3 rings (SSSR count). The number of carbonyl (C=O) groups excluding carboxylic acids is 1. The van der Waals surface area contributed by atoms with Crippen molar-refractivity contribution in [3.05, 3.63) is 5.82 Å². The molecular weight excluding hydrogens is 320 g/mol. The second-order valence-electron chi connectivity index (χ2n) is 7.04. The summed E-state index contributed by atoms with van der Waals surface area (Å²) in [7, 11) is 0.